The molecule has 6 rings (SSSR count). The van der Waals surface area contributed by atoms with Gasteiger partial charge in [-0.25, -0.2) is 8.42 Å². The maximum absolute atomic E-state index is 13.4. The van der Waals surface area contributed by atoms with E-state index in [1.807, 2.05) is 11.9 Å². The van der Waals surface area contributed by atoms with Crippen LogP contribution in [-0.2, 0) is 14.8 Å². The van der Waals surface area contributed by atoms with Gasteiger partial charge in [0, 0.05) is 25.2 Å². The van der Waals surface area contributed by atoms with Gasteiger partial charge in [-0.1, -0.05) is 11.6 Å². The number of hydrogen-bond acceptors (Lipinski definition) is 3. The molecule has 1 saturated heterocycles. The molecule has 0 spiro atoms. The molecule has 1 amide bonds. The molecule has 4 saturated carbocycles. The van der Waals surface area contributed by atoms with Crippen LogP contribution in [-0.4, -0.2) is 49.7 Å². The van der Waals surface area contributed by atoms with Crippen molar-refractivity contribution in [2.75, 3.05) is 20.1 Å². The van der Waals surface area contributed by atoms with Crippen molar-refractivity contribution >= 4 is 27.5 Å². The lowest BCUT2D eigenvalue weighted by Gasteiger charge is -2.57. The molecule has 0 N–H and O–H groups in total. The summed E-state index contributed by atoms with van der Waals surface area (Å²) in [4.78, 5) is 15.5. The van der Waals surface area contributed by atoms with E-state index >= 15 is 0 Å². The third-order valence-corrected chi connectivity index (χ3v) is 10.2. The highest BCUT2D eigenvalue weighted by atomic mass is 35.5. The summed E-state index contributed by atoms with van der Waals surface area (Å²) in [6.45, 7) is 1.17. The summed E-state index contributed by atoms with van der Waals surface area (Å²) in [7, 11) is -1.83. The summed E-state index contributed by atoms with van der Waals surface area (Å²) < 4.78 is 27.8. The maximum Gasteiger partial charge on any atom is 0.243 e. The van der Waals surface area contributed by atoms with Gasteiger partial charge in [0.1, 0.15) is 6.04 Å². The van der Waals surface area contributed by atoms with E-state index in [-0.39, 0.29) is 16.2 Å². The molecule has 30 heavy (non-hydrogen) atoms. The zero-order valence-corrected chi connectivity index (χ0v) is 19.2. The molecule has 4 bridgehead atoms. The van der Waals surface area contributed by atoms with Gasteiger partial charge in [-0.2, -0.15) is 4.31 Å². The largest absolute Gasteiger partial charge is 0.344 e. The predicted molar refractivity (Wildman–Crippen MR) is 117 cm³/mol. The fraction of sp³-hybridized carbons (Fsp3) is 0.696. The smallest absolute Gasteiger partial charge is 0.243 e. The first-order valence-electron chi connectivity index (χ1n) is 11.3. The van der Waals surface area contributed by atoms with Crippen LogP contribution in [0, 0.1) is 23.2 Å². The number of nitrogens with zero attached hydrogens (tertiary/aromatic N) is 2. The van der Waals surface area contributed by atoms with Crippen LogP contribution in [0.5, 0.6) is 0 Å². The number of likely N-dealkylation sites (N-methyl/N-ethyl adjacent to an activating group) is 1. The molecule has 7 heteroatoms. The van der Waals surface area contributed by atoms with Gasteiger partial charge in [0.05, 0.1) is 4.90 Å². The Balaban J connectivity index is 1.32. The van der Waals surface area contributed by atoms with Gasteiger partial charge >= 0.3 is 0 Å². The number of hydrogen-bond donors (Lipinski definition) is 0. The van der Waals surface area contributed by atoms with Crippen molar-refractivity contribution < 1.29 is 13.2 Å². The van der Waals surface area contributed by atoms with Crippen molar-refractivity contribution in [3.63, 3.8) is 0 Å². The van der Waals surface area contributed by atoms with Crippen LogP contribution >= 0.6 is 11.6 Å². The van der Waals surface area contributed by atoms with Crippen molar-refractivity contribution in [1.29, 1.82) is 0 Å². The lowest BCUT2D eigenvalue weighted by atomic mass is 9.49. The molecular formula is C23H31ClN2O3S. The Morgan fingerprint density at radius 1 is 1.10 bits per heavy atom. The molecular weight excluding hydrogens is 420 g/mol. The van der Waals surface area contributed by atoms with Gasteiger partial charge in [0.15, 0.2) is 0 Å². The number of halogens is 1. The SMILES string of the molecule is CN(CC12CC3CC(CC(C3)C1)C2)C(=O)[C@H]1CCCN1S(=O)(=O)c1ccc(Cl)cc1. The summed E-state index contributed by atoms with van der Waals surface area (Å²) in [5.41, 5.74) is 0.262. The summed E-state index contributed by atoms with van der Waals surface area (Å²) in [5, 5.41) is 0.498. The van der Waals surface area contributed by atoms with Gasteiger partial charge in [0.2, 0.25) is 15.9 Å². The fourth-order valence-electron chi connectivity index (χ4n) is 7.34. The van der Waals surface area contributed by atoms with E-state index in [2.05, 4.69) is 0 Å². The molecule has 5 nitrogen and oxygen atoms in total. The second kappa shape index (κ2) is 7.49. The normalized spacial score (nSPS) is 35.7. The third kappa shape index (κ3) is 3.59. The zero-order valence-electron chi connectivity index (χ0n) is 17.6. The van der Waals surface area contributed by atoms with Crippen molar-refractivity contribution in [3.05, 3.63) is 29.3 Å². The summed E-state index contributed by atoms with van der Waals surface area (Å²) in [6.07, 6.45) is 9.19. The van der Waals surface area contributed by atoms with E-state index in [0.717, 1.165) is 24.3 Å². The molecule has 1 heterocycles. The summed E-state index contributed by atoms with van der Waals surface area (Å²) in [6, 6.07) is 5.62. The number of carbonyl (C=O) groups excluding carboxylic acids is 1. The minimum absolute atomic E-state index is 0.0409. The first kappa shape index (κ1) is 20.8. The summed E-state index contributed by atoms with van der Waals surface area (Å²) >= 11 is 5.92. The van der Waals surface area contributed by atoms with E-state index in [1.165, 1.54) is 55.0 Å². The summed E-state index contributed by atoms with van der Waals surface area (Å²) in [5.74, 6) is 2.48. The third-order valence-electron chi connectivity index (χ3n) is 8.02. The van der Waals surface area contributed by atoms with Crippen molar-refractivity contribution in [1.82, 2.24) is 9.21 Å². The van der Waals surface area contributed by atoms with Crippen LogP contribution in [0.1, 0.15) is 51.4 Å². The Bertz CT molecular complexity index is 895. The minimum atomic E-state index is -3.71. The monoisotopic (exact) mass is 450 g/mol. The van der Waals surface area contributed by atoms with Gasteiger partial charge in [-0.3, -0.25) is 4.79 Å². The van der Waals surface area contributed by atoms with Crippen LogP contribution in [0.2, 0.25) is 5.02 Å². The van der Waals surface area contributed by atoms with E-state index in [0.29, 0.717) is 24.4 Å². The molecule has 1 aromatic carbocycles. The number of carbonyl (C=O) groups is 1. The zero-order chi connectivity index (χ0) is 21.1. The highest BCUT2D eigenvalue weighted by Crippen LogP contribution is 2.60. The van der Waals surface area contributed by atoms with Crippen LogP contribution in [0.15, 0.2) is 29.2 Å². The van der Waals surface area contributed by atoms with Crippen molar-refractivity contribution in [2.24, 2.45) is 23.2 Å². The molecule has 1 aromatic rings. The molecule has 0 radical (unpaired) electrons. The molecule has 0 unspecified atom stereocenters. The molecule has 1 atom stereocenters. The van der Waals surface area contributed by atoms with Crippen LogP contribution in [0.4, 0.5) is 0 Å². The maximum atomic E-state index is 13.4. The van der Waals surface area contributed by atoms with Gasteiger partial charge in [-0.05, 0) is 98.8 Å². The van der Waals surface area contributed by atoms with E-state index in [9.17, 15) is 13.2 Å². The Kier molecular flexibility index (Phi) is 5.19. The van der Waals surface area contributed by atoms with Crippen LogP contribution in [0.25, 0.3) is 0 Å². The van der Waals surface area contributed by atoms with Crippen molar-refractivity contribution in [3.8, 4) is 0 Å². The molecule has 1 aliphatic heterocycles. The topological polar surface area (TPSA) is 57.7 Å². The lowest BCUT2D eigenvalue weighted by Crippen LogP contribution is -2.54. The molecule has 5 aliphatic rings. The van der Waals surface area contributed by atoms with Gasteiger partial charge < -0.3 is 4.90 Å². The standard InChI is InChI=1S/C23H31ClN2O3S/c1-25(15-23-12-16-9-17(13-23)11-18(10-16)14-23)22(27)21-3-2-8-26(21)30(28,29)20-6-4-19(24)5-7-20/h4-7,16-18,21H,2-3,8-15H2,1H3/t16?,17?,18?,21-,23?/m1/s1. The second-order valence-electron chi connectivity index (χ2n) is 10.3. The quantitative estimate of drug-likeness (QED) is 0.676. The lowest BCUT2D eigenvalue weighted by molar-refractivity contribution is -0.138. The Labute approximate surface area is 184 Å². The van der Waals surface area contributed by atoms with Gasteiger partial charge in [0.25, 0.3) is 0 Å². The fourth-order valence-corrected chi connectivity index (χ4v) is 9.11. The average Bonchev–Trinajstić information content (AvgIpc) is 3.17. The highest BCUT2D eigenvalue weighted by molar-refractivity contribution is 7.89. The second-order valence-corrected chi connectivity index (χ2v) is 12.7. The number of rotatable bonds is 5. The molecule has 164 valence electrons. The van der Waals surface area contributed by atoms with Gasteiger partial charge in [-0.15, -0.1) is 0 Å². The Hall–Kier alpha value is -1.11. The van der Waals surface area contributed by atoms with Crippen LogP contribution in [0.3, 0.4) is 0 Å². The van der Waals surface area contributed by atoms with Crippen molar-refractivity contribution in [2.45, 2.75) is 62.3 Å². The molecule has 5 fully saturated rings. The molecule has 0 aromatic heterocycles. The first-order chi connectivity index (χ1) is 14.3. The highest BCUT2D eigenvalue weighted by Gasteiger charge is 2.52. The number of amides is 1. The number of benzene rings is 1. The minimum Gasteiger partial charge on any atom is -0.344 e. The van der Waals surface area contributed by atoms with E-state index in [4.69, 9.17) is 11.6 Å². The number of sulfonamides is 1. The first-order valence-corrected chi connectivity index (χ1v) is 13.1. The average molecular weight is 451 g/mol. The van der Waals surface area contributed by atoms with Crippen LogP contribution < -0.4 is 0 Å². The predicted octanol–water partition coefficient (Wildman–Crippen LogP) is 4.17. The van der Waals surface area contributed by atoms with E-state index in [1.54, 1.807) is 12.1 Å². The molecule has 4 aliphatic carbocycles. The van der Waals surface area contributed by atoms with E-state index < -0.39 is 16.1 Å². The Morgan fingerprint density at radius 3 is 2.23 bits per heavy atom. The Morgan fingerprint density at radius 2 is 1.67 bits per heavy atom.